The maximum atomic E-state index is 10.9. The summed E-state index contributed by atoms with van der Waals surface area (Å²) < 4.78 is 0. The summed E-state index contributed by atoms with van der Waals surface area (Å²) in [5.41, 5.74) is 0.170. The Bertz CT molecular complexity index is 459. The minimum absolute atomic E-state index is 0.0686. The van der Waals surface area contributed by atoms with Crippen LogP contribution in [0.5, 0.6) is 0 Å². The molecule has 1 aromatic rings. The minimum Gasteiger partial charge on any atom is -0.477 e. The fourth-order valence-corrected chi connectivity index (χ4v) is 2.15. The molecule has 0 bridgehead atoms. The lowest BCUT2D eigenvalue weighted by Gasteiger charge is -2.45. The van der Waals surface area contributed by atoms with Gasteiger partial charge in [-0.05, 0) is 33.0 Å². The van der Waals surface area contributed by atoms with Crippen molar-refractivity contribution in [2.45, 2.75) is 19.4 Å². The van der Waals surface area contributed by atoms with Gasteiger partial charge in [-0.2, -0.15) is 0 Å². The molecule has 0 aliphatic carbocycles. The average molecular weight is 249 g/mol. The fraction of sp³-hybridized carbons (Fsp3) is 0.538. The summed E-state index contributed by atoms with van der Waals surface area (Å²) in [7, 11) is 2.11. The Morgan fingerprint density at radius 3 is 2.72 bits per heavy atom. The largest absolute Gasteiger partial charge is 0.477 e. The van der Waals surface area contributed by atoms with Crippen LogP contribution in [-0.4, -0.2) is 53.2 Å². The second-order valence-corrected chi connectivity index (χ2v) is 5.34. The number of carboxylic acids is 1. The summed E-state index contributed by atoms with van der Waals surface area (Å²) in [6, 6.07) is 5.14. The number of piperazine rings is 1. The quantitative estimate of drug-likeness (QED) is 0.856. The second kappa shape index (κ2) is 4.57. The third-order valence-electron chi connectivity index (χ3n) is 3.59. The lowest BCUT2D eigenvalue weighted by atomic mass is 10.00. The van der Waals surface area contributed by atoms with Gasteiger partial charge in [-0.3, -0.25) is 4.90 Å². The summed E-state index contributed by atoms with van der Waals surface area (Å²) in [5.74, 6) is -0.235. The molecule has 5 heteroatoms. The number of aromatic nitrogens is 1. The van der Waals surface area contributed by atoms with E-state index in [0.717, 1.165) is 25.5 Å². The summed E-state index contributed by atoms with van der Waals surface area (Å²) >= 11 is 0. The molecular formula is C13H19N3O2. The molecule has 2 heterocycles. The van der Waals surface area contributed by atoms with E-state index in [-0.39, 0.29) is 11.2 Å². The molecule has 1 N–H and O–H groups in total. The first-order valence-corrected chi connectivity index (χ1v) is 6.07. The molecule has 1 aromatic heterocycles. The molecule has 0 aromatic carbocycles. The molecule has 0 radical (unpaired) electrons. The second-order valence-electron chi connectivity index (χ2n) is 5.34. The molecule has 1 saturated heterocycles. The Balaban J connectivity index is 2.22. The highest BCUT2D eigenvalue weighted by Gasteiger charge is 2.31. The molecule has 2 rings (SSSR count). The van der Waals surface area contributed by atoms with E-state index >= 15 is 0 Å². The summed E-state index contributed by atoms with van der Waals surface area (Å²) in [5, 5.41) is 8.96. The van der Waals surface area contributed by atoms with Crippen LogP contribution in [0.4, 0.5) is 5.82 Å². The van der Waals surface area contributed by atoms with E-state index in [1.165, 1.54) is 6.07 Å². The number of carbonyl (C=O) groups is 1. The number of hydrogen-bond acceptors (Lipinski definition) is 4. The Hall–Kier alpha value is -1.62. The van der Waals surface area contributed by atoms with Crippen molar-refractivity contribution in [3.8, 4) is 0 Å². The Morgan fingerprint density at radius 2 is 2.11 bits per heavy atom. The van der Waals surface area contributed by atoms with Gasteiger partial charge in [0.05, 0.1) is 0 Å². The standard InChI is InChI=1S/C13H19N3O2/c1-13(2)9-16(8-7-15(13)3)11-6-4-5-10(14-11)12(17)18/h4-6H,7-9H2,1-3H3,(H,17,18). The van der Waals surface area contributed by atoms with Crippen LogP contribution in [0.3, 0.4) is 0 Å². The number of likely N-dealkylation sites (N-methyl/N-ethyl adjacent to an activating group) is 1. The zero-order valence-electron chi connectivity index (χ0n) is 11.1. The maximum absolute atomic E-state index is 10.9. The number of hydrogen-bond donors (Lipinski definition) is 1. The van der Waals surface area contributed by atoms with Crippen LogP contribution in [-0.2, 0) is 0 Å². The predicted octanol–water partition coefficient (Wildman–Crippen LogP) is 1.31. The van der Waals surface area contributed by atoms with Crippen molar-refractivity contribution < 1.29 is 9.90 Å². The van der Waals surface area contributed by atoms with Gasteiger partial charge in [0.15, 0.2) is 5.69 Å². The van der Waals surface area contributed by atoms with Crippen LogP contribution in [0, 0.1) is 0 Å². The van der Waals surface area contributed by atoms with Crippen LogP contribution in [0.2, 0.25) is 0 Å². The normalized spacial score (nSPS) is 19.8. The lowest BCUT2D eigenvalue weighted by Crippen LogP contribution is -2.57. The molecule has 98 valence electrons. The Kier molecular flexibility index (Phi) is 3.26. The number of aromatic carboxylic acids is 1. The monoisotopic (exact) mass is 249 g/mol. The van der Waals surface area contributed by atoms with E-state index in [2.05, 4.69) is 35.7 Å². The van der Waals surface area contributed by atoms with Crippen LogP contribution in [0.1, 0.15) is 24.3 Å². The summed E-state index contributed by atoms with van der Waals surface area (Å²) in [4.78, 5) is 19.6. The SMILES string of the molecule is CN1CCN(c2cccc(C(=O)O)n2)CC1(C)C. The number of anilines is 1. The molecule has 5 nitrogen and oxygen atoms in total. The van der Waals surface area contributed by atoms with Crippen molar-refractivity contribution >= 4 is 11.8 Å². The van der Waals surface area contributed by atoms with Gasteiger partial charge in [-0.15, -0.1) is 0 Å². The van der Waals surface area contributed by atoms with E-state index in [1.54, 1.807) is 6.07 Å². The molecule has 0 unspecified atom stereocenters. The van der Waals surface area contributed by atoms with Crippen LogP contribution < -0.4 is 4.90 Å². The Labute approximate surface area is 107 Å². The molecule has 0 spiro atoms. The highest BCUT2D eigenvalue weighted by Crippen LogP contribution is 2.23. The van der Waals surface area contributed by atoms with Gasteiger partial charge >= 0.3 is 5.97 Å². The number of pyridine rings is 1. The minimum atomic E-state index is -0.981. The fourth-order valence-electron chi connectivity index (χ4n) is 2.15. The van der Waals surface area contributed by atoms with Crippen LogP contribution in [0.25, 0.3) is 0 Å². The molecular weight excluding hydrogens is 230 g/mol. The van der Waals surface area contributed by atoms with E-state index in [1.807, 2.05) is 6.07 Å². The van der Waals surface area contributed by atoms with Crippen molar-refractivity contribution in [2.75, 3.05) is 31.6 Å². The highest BCUT2D eigenvalue weighted by molar-refractivity contribution is 5.85. The zero-order chi connectivity index (χ0) is 13.3. The van der Waals surface area contributed by atoms with Gasteiger partial charge < -0.3 is 10.0 Å². The van der Waals surface area contributed by atoms with E-state index in [4.69, 9.17) is 5.11 Å². The first kappa shape index (κ1) is 12.8. The summed E-state index contributed by atoms with van der Waals surface area (Å²) in [6.45, 7) is 7.03. The van der Waals surface area contributed by atoms with Crippen LogP contribution >= 0.6 is 0 Å². The van der Waals surface area contributed by atoms with E-state index < -0.39 is 5.97 Å². The zero-order valence-corrected chi connectivity index (χ0v) is 11.1. The third kappa shape index (κ3) is 2.46. The van der Waals surface area contributed by atoms with Crippen molar-refractivity contribution in [3.63, 3.8) is 0 Å². The number of rotatable bonds is 2. The van der Waals surface area contributed by atoms with Gasteiger partial charge in [0.1, 0.15) is 5.82 Å². The molecule has 0 saturated carbocycles. The molecule has 0 atom stereocenters. The topological polar surface area (TPSA) is 56.7 Å². The molecule has 0 amide bonds. The first-order valence-electron chi connectivity index (χ1n) is 6.07. The first-order chi connectivity index (χ1) is 8.40. The molecule has 1 aliphatic rings. The maximum Gasteiger partial charge on any atom is 0.354 e. The molecule has 1 fully saturated rings. The van der Waals surface area contributed by atoms with Crippen molar-refractivity contribution in [3.05, 3.63) is 23.9 Å². The van der Waals surface area contributed by atoms with Gasteiger partial charge in [0.25, 0.3) is 0 Å². The highest BCUT2D eigenvalue weighted by atomic mass is 16.4. The van der Waals surface area contributed by atoms with Crippen LogP contribution in [0.15, 0.2) is 18.2 Å². The lowest BCUT2D eigenvalue weighted by molar-refractivity contribution is 0.0690. The number of nitrogens with zero attached hydrogens (tertiary/aromatic N) is 3. The Morgan fingerprint density at radius 1 is 1.39 bits per heavy atom. The molecule has 1 aliphatic heterocycles. The van der Waals surface area contributed by atoms with Crippen molar-refractivity contribution in [2.24, 2.45) is 0 Å². The number of carboxylic acid groups (broad SMARTS) is 1. The van der Waals surface area contributed by atoms with Gasteiger partial charge in [-0.1, -0.05) is 6.07 Å². The predicted molar refractivity (Wildman–Crippen MR) is 70.1 cm³/mol. The molecule has 18 heavy (non-hydrogen) atoms. The third-order valence-corrected chi connectivity index (χ3v) is 3.59. The average Bonchev–Trinajstić information content (AvgIpc) is 2.33. The smallest absolute Gasteiger partial charge is 0.354 e. The van der Waals surface area contributed by atoms with E-state index in [9.17, 15) is 4.79 Å². The van der Waals surface area contributed by atoms with Gasteiger partial charge in [0.2, 0.25) is 0 Å². The summed E-state index contributed by atoms with van der Waals surface area (Å²) in [6.07, 6.45) is 0. The van der Waals surface area contributed by atoms with Crippen molar-refractivity contribution in [1.82, 2.24) is 9.88 Å². The van der Waals surface area contributed by atoms with Crippen molar-refractivity contribution in [1.29, 1.82) is 0 Å². The van der Waals surface area contributed by atoms with Gasteiger partial charge in [-0.25, -0.2) is 9.78 Å². The van der Waals surface area contributed by atoms with Gasteiger partial charge in [0, 0.05) is 25.2 Å². The van der Waals surface area contributed by atoms with E-state index in [0.29, 0.717) is 0 Å².